The van der Waals surface area contributed by atoms with Gasteiger partial charge >= 0.3 is 0 Å². The molecule has 0 saturated heterocycles. The Bertz CT molecular complexity index is 672. The molecule has 0 spiro atoms. The van der Waals surface area contributed by atoms with Crippen molar-refractivity contribution >= 4 is 21.2 Å². The molecule has 0 N–H and O–H groups in total. The Labute approximate surface area is 111 Å². The number of aryl methyl sites for hydroxylation is 2. The molecule has 96 valence electrons. The van der Waals surface area contributed by atoms with E-state index in [4.69, 9.17) is 0 Å². The average Bonchev–Trinajstić information content (AvgIpc) is 2.68. The Morgan fingerprint density at radius 1 is 1.22 bits per heavy atom. The van der Waals surface area contributed by atoms with E-state index in [1.54, 1.807) is 0 Å². The maximum Gasteiger partial charge on any atom is 0.153 e. The number of sulfone groups is 1. The molecule has 0 aliphatic carbocycles. The number of nitrogens with zero attached hydrogens (tertiary/aromatic N) is 1. The van der Waals surface area contributed by atoms with E-state index in [-0.39, 0.29) is 5.75 Å². The van der Waals surface area contributed by atoms with Crippen LogP contribution in [0.2, 0.25) is 0 Å². The number of hydrogen-bond acceptors (Lipinski definition) is 4. The number of rotatable bonds is 3. The van der Waals surface area contributed by atoms with Crippen molar-refractivity contribution < 1.29 is 8.42 Å². The van der Waals surface area contributed by atoms with Gasteiger partial charge in [-0.1, -0.05) is 12.1 Å². The first kappa shape index (κ1) is 13.2. The highest BCUT2D eigenvalue weighted by molar-refractivity contribution is 7.90. The van der Waals surface area contributed by atoms with Crippen molar-refractivity contribution in [1.29, 1.82) is 0 Å². The van der Waals surface area contributed by atoms with Gasteiger partial charge in [0, 0.05) is 17.2 Å². The molecule has 0 atom stereocenters. The summed E-state index contributed by atoms with van der Waals surface area (Å²) in [6.45, 7) is 4.12. The second-order valence-electron chi connectivity index (χ2n) is 4.50. The largest absolute Gasteiger partial charge is 0.240 e. The molecule has 1 aromatic heterocycles. The topological polar surface area (TPSA) is 47.0 Å². The van der Waals surface area contributed by atoms with Crippen molar-refractivity contribution in [3.05, 3.63) is 39.7 Å². The first-order valence-corrected chi connectivity index (χ1v) is 8.49. The molecule has 2 aromatic rings. The van der Waals surface area contributed by atoms with E-state index in [1.165, 1.54) is 28.7 Å². The zero-order valence-corrected chi connectivity index (χ0v) is 12.2. The fourth-order valence-corrected chi connectivity index (χ4v) is 3.65. The van der Waals surface area contributed by atoms with Crippen molar-refractivity contribution in [1.82, 2.24) is 4.98 Å². The Morgan fingerprint density at radius 3 is 2.56 bits per heavy atom. The molecule has 5 heteroatoms. The minimum Gasteiger partial charge on any atom is -0.240 e. The molecule has 1 aromatic carbocycles. The van der Waals surface area contributed by atoms with Crippen molar-refractivity contribution in [2.75, 3.05) is 6.26 Å². The molecule has 0 unspecified atom stereocenters. The molecule has 0 amide bonds. The van der Waals surface area contributed by atoms with E-state index >= 15 is 0 Å². The zero-order valence-electron chi connectivity index (χ0n) is 10.6. The maximum absolute atomic E-state index is 11.2. The summed E-state index contributed by atoms with van der Waals surface area (Å²) in [5.41, 5.74) is 4.34. The number of thiazole rings is 1. The molecule has 0 fully saturated rings. The minimum absolute atomic E-state index is 0.0164. The van der Waals surface area contributed by atoms with Gasteiger partial charge < -0.3 is 0 Å². The Morgan fingerprint density at radius 2 is 1.94 bits per heavy atom. The summed E-state index contributed by atoms with van der Waals surface area (Å²) in [4.78, 5) is 4.38. The predicted molar refractivity (Wildman–Crippen MR) is 75.6 cm³/mol. The van der Waals surface area contributed by atoms with Crippen LogP contribution in [0.5, 0.6) is 0 Å². The van der Waals surface area contributed by atoms with Crippen LogP contribution in [0.15, 0.2) is 23.6 Å². The molecular formula is C13H15NO2S2. The smallest absolute Gasteiger partial charge is 0.153 e. The summed E-state index contributed by atoms with van der Waals surface area (Å²) in [7, 11) is -3.01. The highest BCUT2D eigenvalue weighted by Crippen LogP contribution is 2.24. The van der Waals surface area contributed by atoms with E-state index < -0.39 is 9.84 Å². The van der Waals surface area contributed by atoms with E-state index in [0.717, 1.165) is 11.3 Å². The monoisotopic (exact) mass is 281 g/mol. The van der Waals surface area contributed by atoms with Crippen LogP contribution >= 0.6 is 11.3 Å². The molecule has 0 bridgehead atoms. The summed E-state index contributed by atoms with van der Waals surface area (Å²) in [6, 6.07) is 6.15. The van der Waals surface area contributed by atoms with Gasteiger partial charge in [-0.15, -0.1) is 11.3 Å². The number of benzene rings is 1. The SMILES string of the molecule is Cc1ccc(-c2csc(CS(C)(=O)=O)n2)cc1C. The second-order valence-corrected chi connectivity index (χ2v) is 7.58. The fourth-order valence-electron chi connectivity index (χ4n) is 1.63. The highest BCUT2D eigenvalue weighted by atomic mass is 32.2. The number of hydrogen-bond donors (Lipinski definition) is 0. The van der Waals surface area contributed by atoms with Crippen molar-refractivity contribution in [3.8, 4) is 11.3 Å². The predicted octanol–water partition coefficient (Wildman–Crippen LogP) is 2.97. The normalized spacial score (nSPS) is 11.7. The molecule has 0 aliphatic rings. The van der Waals surface area contributed by atoms with Gasteiger partial charge in [-0.3, -0.25) is 0 Å². The summed E-state index contributed by atoms with van der Waals surface area (Å²) in [6.07, 6.45) is 1.23. The van der Waals surface area contributed by atoms with Crippen molar-refractivity contribution in [3.63, 3.8) is 0 Å². The quantitative estimate of drug-likeness (QED) is 0.869. The van der Waals surface area contributed by atoms with Crippen LogP contribution in [0.1, 0.15) is 16.1 Å². The van der Waals surface area contributed by atoms with Crippen LogP contribution in [0.4, 0.5) is 0 Å². The van der Waals surface area contributed by atoms with Gasteiger partial charge in [0.25, 0.3) is 0 Å². The third kappa shape index (κ3) is 3.17. The van der Waals surface area contributed by atoms with Crippen molar-refractivity contribution in [2.45, 2.75) is 19.6 Å². The summed E-state index contributed by atoms with van der Waals surface area (Å²) in [5.74, 6) is 0.0164. The molecule has 0 aliphatic heterocycles. The lowest BCUT2D eigenvalue weighted by molar-refractivity contribution is 0.601. The lowest BCUT2D eigenvalue weighted by Gasteiger charge is -2.02. The Kier molecular flexibility index (Phi) is 3.54. The zero-order chi connectivity index (χ0) is 13.3. The second kappa shape index (κ2) is 4.82. The lowest BCUT2D eigenvalue weighted by Crippen LogP contribution is -1.99. The standard InChI is InChI=1S/C13H15NO2S2/c1-9-4-5-11(6-10(9)2)12-7-17-13(14-12)8-18(3,15)16/h4-7H,8H2,1-3H3. The summed E-state index contributed by atoms with van der Waals surface area (Å²) in [5, 5.41) is 2.55. The highest BCUT2D eigenvalue weighted by Gasteiger charge is 2.10. The first-order chi connectivity index (χ1) is 8.35. The van der Waals surface area contributed by atoms with Crippen molar-refractivity contribution in [2.24, 2.45) is 0 Å². The molecular weight excluding hydrogens is 266 g/mol. The van der Waals surface area contributed by atoms with Gasteiger partial charge in [0.1, 0.15) is 10.8 Å². The van der Waals surface area contributed by atoms with E-state index in [1.807, 2.05) is 11.4 Å². The Hall–Kier alpha value is -1.20. The minimum atomic E-state index is -3.01. The molecule has 18 heavy (non-hydrogen) atoms. The van der Waals surface area contributed by atoms with Crippen LogP contribution in [-0.4, -0.2) is 19.7 Å². The van der Waals surface area contributed by atoms with E-state index in [0.29, 0.717) is 5.01 Å². The Balaban J connectivity index is 2.32. The van der Waals surface area contributed by atoms with Gasteiger partial charge in [0.05, 0.1) is 5.69 Å². The van der Waals surface area contributed by atoms with Gasteiger partial charge in [0.2, 0.25) is 0 Å². The van der Waals surface area contributed by atoms with E-state index in [9.17, 15) is 8.42 Å². The first-order valence-electron chi connectivity index (χ1n) is 5.55. The summed E-state index contributed by atoms with van der Waals surface area (Å²) < 4.78 is 22.4. The molecule has 0 saturated carbocycles. The molecule has 0 radical (unpaired) electrons. The fraction of sp³-hybridized carbons (Fsp3) is 0.308. The third-order valence-corrected chi connectivity index (χ3v) is 4.57. The van der Waals surface area contributed by atoms with Gasteiger partial charge in [-0.25, -0.2) is 13.4 Å². The molecule has 2 rings (SSSR count). The van der Waals surface area contributed by atoms with Gasteiger partial charge in [-0.2, -0.15) is 0 Å². The van der Waals surface area contributed by atoms with Crippen LogP contribution in [-0.2, 0) is 15.6 Å². The average molecular weight is 281 g/mol. The lowest BCUT2D eigenvalue weighted by atomic mass is 10.1. The summed E-state index contributed by atoms with van der Waals surface area (Å²) >= 11 is 1.39. The number of aromatic nitrogens is 1. The maximum atomic E-state index is 11.2. The van der Waals surface area contributed by atoms with Crippen LogP contribution in [0.3, 0.4) is 0 Å². The van der Waals surface area contributed by atoms with Crippen LogP contribution in [0, 0.1) is 13.8 Å². The van der Waals surface area contributed by atoms with Gasteiger partial charge in [-0.05, 0) is 31.0 Å². The van der Waals surface area contributed by atoms with Crippen LogP contribution < -0.4 is 0 Å². The van der Waals surface area contributed by atoms with Crippen LogP contribution in [0.25, 0.3) is 11.3 Å². The molecule has 1 heterocycles. The molecule has 3 nitrogen and oxygen atoms in total. The third-order valence-electron chi connectivity index (χ3n) is 2.74. The van der Waals surface area contributed by atoms with Gasteiger partial charge in [0.15, 0.2) is 9.84 Å². The van der Waals surface area contributed by atoms with E-state index in [2.05, 4.69) is 31.0 Å².